The van der Waals surface area contributed by atoms with Gasteiger partial charge in [-0.15, -0.1) is 0 Å². The molecular formula is C22H25FNO5+. The third kappa shape index (κ3) is 3.19. The fourth-order valence-corrected chi connectivity index (χ4v) is 4.40. The number of carbonyl (C=O) groups is 1. The van der Waals surface area contributed by atoms with Crippen LogP contribution in [0.5, 0.6) is 23.0 Å². The Morgan fingerprint density at radius 2 is 2.14 bits per heavy atom. The number of carbonyl (C=O) groups excluding carboxylic acids is 1. The minimum atomic E-state index is -0.457. The number of benzene rings is 2. The van der Waals surface area contributed by atoms with E-state index in [1.54, 1.807) is 0 Å². The Morgan fingerprint density at radius 3 is 2.86 bits per heavy atom. The van der Waals surface area contributed by atoms with Crippen LogP contribution in [-0.4, -0.2) is 49.4 Å². The van der Waals surface area contributed by atoms with Crippen molar-refractivity contribution in [3.63, 3.8) is 0 Å². The van der Waals surface area contributed by atoms with Gasteiger partial charge >= 0.3 is 0 Å². The van der Waals surface area contributed by atoms with E-state index in [2.05, 4.69) is 14.0 Å². The molecule has 154 valence electrons. The molecule has 0 aromatic heterocycles. The van der Waals surface area contributed by atoms with Gasteiger partial charge in [0.2, 0.25) is 12.5 Å². The van der Waals surface area contributed by atoms with Gasteiger partial charge in [-0.25, -0.2) is 4.39 Å². The van der Waals surface area contributed by atoms with E-state index in [1.165, 1.54) is 25.3 Å². The van der Waals surface area contributed by atoms with Gasteiger partial charge in [-0.1, -0.05) is 0 Å². The number of nitrogens with zero attached hydrogens (tertiary/aromatic N) is 1. The summed E-state index contributed by atoms with van der Waals surface area (Å²) in [5.41, 5.74) is 2.04. The Balaban J connectivity index is 1.77. The zero-order valence-electron chi connectivity index (χ0n) is 16.8. The molecule has 0 radical (unpaired) electrons. The molecule has 2 aliphatic rings. The van der Waals surface area contributed by atoms with Gasteiger partial charge in [0.05, 0.1) is 44.8 Å². The maximum Gasteiger partial charge on any atom is 0.231 e. The second-order valence-electron chi connectivity index (χ2n) is 7.79. The van der Waals surface area contributed by atoms with E-state index in [9.17, 15) is 14.3 Å². The second-order valence-corrected chi connectivity index (χ2v) is 7.79. The van der Waals surface area contributed by atoms with E-state index in [4.69, 9.17) is 14.2 Å². The van der Waals surface area contributed by atoms with Crippen molar-refractivity contribution in [2.24, 2.45) is 0 Å². The number of fused-ring (bicyclic) bond motifs is 2. The molecule has 2 atom stereocenters. The topological polar surface area (TPSA) is 65.0 Å². The van der Waals surface area contributed by atoms with Crippen LogP contribution >= 0.6 is 0 Å². The third-order valence-electron chi connectivity index (χ3n) is 6.31. The number of quaternary nitrogens is 1. The Bertz CT molecular complexity index is 976. The van der Waals surface area contributed by atoms with Gasteiger partial charge in [-0.05, 0) is 30.7 Å². The molecule has 0 fully saturated rings. The van der Waals surface area contributed by atoms with E-state index in [0.717, 1.165) is 30.6 Å². The lowest BCUT2D eigenvalue weighted by molar-refractivity contribution is -0.939. The number of phenols is 1. The number of ketones is 1. The van der Waals surface area contributed by atoms with Crippen molar-refractivity contribution in [2.45, 2.75) is 25.8 Å². The largest absolute Gasteiger partial charge is 0.504 e. The lowest BCUT2D eigenvalue weighted by Gasteiger charge is -2.45. The molecule has 0 bridgehead atoms. The first kappa shape index (κ1) is 19.5. The van der Waals surface area contributed by atoms with Crippen molar-refractivity contribution in [1.29, 1.82) is 0 Å². The van der Waals surface area contributed by atoms with Crippen molar-refractivity contribution in [2.75, 3.05) is 34.0 Å². The molecule has 1 N–H and O–H groups in total. The van der Waals surface area contributed by atoms with E-state index in [0.29, 0.717) is 21.5 Å². The normalized spacial score (nSPS) is 22.3. The smallest absolute Gasteiger partial charge is 0.231 e. The zero-order valence-corrected chi connectivity index (χ0v) is 16.8. The number of halogens is 1. The van der Waals surface area contributed by atoms with Crippen molar-refractivity contribution in [3.8, 4) is 23.0 Å². The molecule has 29 heavy (non-hydrogen) atoms. The van der Waals surface area contributed by atoms with Crippen LogP contribution in [0, 0.1) is 5.82 Å². The third-order valence-corrected chi connectivity index (χ3v) is 6.31. The number of likely N-dealkylation sites (N-methyl/N-ethyl adjacent to an activating group) is 1. The van der Waals surface area contributed by atoms with Crippen LogP contribution < -0.4 is 14.2 Å². The molecule has 7 heteroatoms. The number of rotatable bonds is 5. The maximum absolute atomic E-state index is 13.6. The summed E-state index contributed by atoms with van der Waals surface area (Å²) in [5.74, 6) is 0.530. The van der Waals surface area contributed by atoms with E-state index >= 15 is 0 Å². The van der Waals surface area contributed by atoms with Gasteiger partial charge in [-0.2, -0.15) is 0 Å². The molecule has 0 aliphatic carbocycles. The monoisotopic (exact) mass is 402 g/mol. The highest BCUT2D eigenvalue weighted by Gasteiger charge is 2.43. The summed E-state index contributed by atoms with van der Waals surface area (Å²) in [6, 6.07) is 5.57. The van der Waals surface area contributed by atoms with Crippen LogP contribution in [0.4, 0.5) is 4.39 Å². The molecule has 0 saturated carbocycles. The molecule has 2 aromatic carbocycles. The first-order valence-corrected chi connectivity index (χ1v) is 9.73. The lowest BCUT2D eigenvalue weighted by atomic mass is 9.85. The molecule has 0 spiro atoms. The molecule has 0 saturated heterocycles. The molecule has 6 nitrogen and oxygen atoms in total. The Hall–Kier alpha value is -2.80. The van der Waals surface area contributed by atoms with E-state index < -0.39 is 5.82 Å². The number of aromatic hydroxyl groups is 1. The van der Waals surface area contributed by atoms with Gasteiger partial charge in [0.25, 0.3) is 0 Å². The van der Waals surface area contributed by atoms with Gasteiger partial charge in [0, 0.05) is 12.5 Å². The van der Waals surface area contributed by atoms with Crippen molar-refractivity contribution in [1.82, 2.24) is 0 Å². The van der Waals surface area contributed by atoms with Gasteiger partial charge < -0.3 is 23.8 Å². The van der Waals surface area contributed by atoms with E-state index in [-0.39, 0.29) is 36.5 Å². The summed E-state index contributed by atoms with van der Waals surface area (Å²) in [5, 5.41) is 11.0. The van der Waals surface area contributed by atoms with Crippen molar-refractivity contribution >= 4 is 5.78 Å². The molecule has 2 aliphatic heterocycles. The molecule has 2 aromatic rings. The number of ether oxygens (including phenoxy) is 3. The number of Topliss-reactive ketones (excluding diaryl/α,β-unsaturated/α-hetero) is 1. The standard InChI is InChI=1S/C22H24FNO5/c1-4-24(2)8-7-13-9-19-22(29-12-28-19)21(26)20(13)16(24)11-17(25)15-6-5-14(23)10-18(15)27-3/h5-6,9-10,16H,4,7-8,11-12H2,1-3H3/p+1. The van der Waals surface area contributed by atoms with Crippen LogP contribution in [0.25, 0.3) is 0 Å². The van der Waals surface area contributed by atoms with Crippen molar-refractivity contribution < 1.29 is 33.0 Å². The van der Waals surface area contributed by atoms with Crippen molar-refractivity contribution in [3.05, 3.63) is 46.8 Å². The predicted octanol–water partition coefficient (Wildman–Crippen LogP) is 3.61. The van der Waals surface area contributed by atoms with Gasteiger partial charge in [0.15, 0.2) is 17.3 Å². The minimum Gasteiger partial charge on any atom is -0.504 e. The van der Waals surface area contributed by atoms with Crippen LogP contribution in [-0.2, 0) is 6.42 Å². The van der Waals surface area contributed by atoms with Crippen LogP contribution in [0.2, 0.25) is 0 Å². The average molecular weight is 402 g/mol. The Kier molecular flexibility index (Phi) is 4.86. The van der Waals surface area contributed by atoms with E-state index in [1.807, 2.05) is 6.07 Å². The highest BCUT2D eigenvalue weighted by molar-refractivity contribution is 5.99. The molecular weight excluding hydrogens is 377 g/mol. The number of phenolic OH excluding ortho intramolecular Hbond substituents is 1. The van der Waals surface area contributed by atoms with Crippen LogP contribution in [0.1, 0.15) is 40.9 Å². The number of methoxy groups -OCH3 is 1. The SMILES string of the molecule is CC[N+]1(C)CCc2cc3c(c(O)c2C1CC(=O)c1ccc(F)cc1OC)OCO3. The van der Waals surface area contributed by atoms with Crippen LogP contribution in [0.15, 0.2) is 24.3 Å². The van der Waals surface area contributed by atoms with Gasteiger partial charge in [0.1, 0.15) is 17.6 Å². The number of hydrogen-bond donors (Lipinski definition) is 1. The maximum atomic E-state index is 13.6. The van der Waals surface area contributed by atoms with Crippen LogP contribution in [0.3, 0.4) is 0 Å². The minimum absolute atomic E-state index is 0.0522. The summed E-state index contributed by atoms with van der Waals surface area (Å²) < 4.78 is 30.3. The second kappa shape index (κ2) is 7.22. The molecule has 2 unspecified atom stereocenters. The quantitative estimate of drug-likeness (QED) is 0.612. The molecule has 2 heterocycles. The lowest BCUT2D eigenvalue weighted by Crippen LogP contribution is -2.51. The fraction of sp³-hybridized carbons (Fsp3) is 0.409. The average Bonchev–Trinajstić information content (AvgIpc) is 3.19. The molecule has 0 amide bonds. The summed E-state index contributed by atoms with van der Waals surface area (Å²) in [6.07, 6.45) is 0.932. The highest BCUT2D eigenvalue weighted by atomic mass is 19.1. The fourth-order valence-electron chi connectivity index (χ4n) is 4.40. The predicted molar refractivity (Wildman–Crippen MR) is 104 cm³/mol. The Morgan fingerprint density at radius 1 is 1.34 bits per heavy atom. The first-order chi connectivity index (χ1) is 13.9. The first-order valence-electron chi connectivity index (χ1n) is 9.73. The number of hydrogen-bond acceptors (Lipinski definition) is 5. The Labute approximate surface area is 169 Å². The highest BCUT2D eigenvalue weighted by Crippen LogP contribution is 2.51. The summed E-state index contributed by atoms with van der Waals surface area (Å²) in [7, 11) is 3.51. The van der Waals surface area contributed by atoms with Gasteiger partial charge in [-0.3, -0.25) is 4.79 Å². The zero-order chi connectivity index (χ0) is 20.8. The molecule has 4 rings (SSSR count). The summed E-state index contributed by atoms with van der Waals surface area (Å²) in [6.45, 7) is 3.78. The summed E-state index contributed by atoms with van der Waals surface area (Å²) >= 11 is 0. The summed E-state index contributed by atoms with van der Waals surface area (Å²) in [4.78, 5) is 13.2.